The van der Waals surface area contributed by atoms with Crippen molar-refractivity contribution in [1.82, 2.24) is 9.62 Å². The van der Waals surface area contributed by atoms with E-state index in [1.165, 1.54) is 4.31 Å². The summed E-state index contributed by atoms with van der Waals surface area (Å²) in [4.78, 5) is 12.3. The molecule has 0 heterocycles. The van der Waals surface area contributed by atoms with Crippen LogP contribution in [-0.4, -0.2) is 44.8 Å². The zero-order valence-corrected chi connectivity index (χ0v) is 18.0. The van der Waals surface area contributed by atoms with Crippen LogP contribution in [0.3, 0.4) is 0 Å². The van der Waals surface area contributed by atoms with Gasteiger partial charge in [0.15, 0.2) is 0 Å². The van der Waals surface area contributed by atoms with Gasteiger partial charge >= 0.3 is 0 Å². The number of carbonyl (C=O) groups excluding carboxylic acids is 1. The van der Waals surface area contributed by atoms with Crippen LogP contribution in [0.5, 0.6) is 0 Å². The predicted octanol–water partition coefficient (Wildman–Crippen LogP) is 3.27. The van der Waals surface area contributed by atoms with Gasteiger partial charge in [-0.1, -0.05) is 44.2 Å². The number of amides is 1. The largest absolute Gasteiger partial charge is 0.385 e. The minimum absolute atomic E-state index is 0.00421. The quantitative estimate of drug-likeness (QED) is 0.520. The molecule has 158 valence electrons. The highest BCUT2D eigenvalue weighted by molar-refractivity contribution is 7.89. The van der Waals surface area contributed by atoms with E-state index >= 15 is 0 Å². The Morgan fingerprint density at radius 3 is 2.21 bits per heavy atom. The van der Waals surface area contributed by atoms with Crippen LogP contribution in [0.15, 0.2) is 59.5 Å². The Morgan fingerprint density at radius 2 is 1.59 bits per heavy atom. The molecule has 0 radical (unpaired) electrons. The van der Waals surface area contributed by atoms with E-state index in [0.717, 1.165) is 24.2 Å². The molecule has 2 aromatic rings. The molecule has 0 aliphatic rings. The third-order valence-corrected chi connectivity index (χ3v) is 6.75. The molecular formula is C22H31N3O3S. The second-order valence-corrected chi connectivity index (χ2v) is 8.67. The van der Waals surface area contributed by atoms with Crippen molar-refractivity contribution in [2.75, 3.05) is 31.5 Å². The van der Waals surface area contributed by atoms with Crippen LogP contribution in [0.1, 0.15) is 32.3 Å². The van der Waals surface area contributed by atoms with Gasteiger partial charge in [0, 0.05) is 38.3 Å². The highest BCUT2D eigenvalue weighted by Crippen LogP contribution is 2.16. The summed E-state index contributed by atoms with van der Waals surface area (Å²) in [6.45, 7) is 5.97. The molecule has 0 fully saturated rings. The zero-order chi connectivity index (χ0) is 21.1. The van der Waals surface area contributed by atoms with Gasteiger partial charge in [0.05, 0.1) is 4.90 Å². The molecule has 0 saturated carbocycles. The molecule has 0 aliphatic carbocycles. The van der Waals surface area contributed by atoms with Gasteiger partial charge in [0.1, 0.15) is 0 Å². The summed E-state index contributed by atoms with van der Waals surface area (Å²) in [5.74, 6) is 0.00421. The molecule has 2 N–H and O–H groups in total. The maximum atomic E-state index is 12.5. The van der Waals surface area contributed by atoms with E-state index in [-0.39, 0.29) is 5.91 Å². The Hall–Kier alpha value is -2.38. The third-order valence-electron chi connectivity index (χ3n) is 4.69. The van der Waals surface area contributed by atoms with Crippen LogP contribution in [0.25, 0.3) is 0 Å². The molecule has 1 amide bonds. The van der Waals surface area contributed by atoms with E-state index in [2.05, 4.69) is 10.6 Å². The molecule has 0 aliphatic heterocycles. The first-order chi connectivity index (χ1) is 14.0. The Kier molecular flexibility index (Phi) is 9.15. The Labute approximate surface area is 174 Å². The Balaban J connectivity index is 1.70. The second kappa shape index (κ2) is 11.6. The fourth-order valence-electron chi connectivity index (χ4n) is 2.99. The van der Waals surface area contributed by atoms with Crippen LogP contribution in [0.4, 0.5) is 5.69 Å². The number of rotatable bonds is 12. The van der Waals surface area contributed by atoms with Crippen molar-refractivity contribution in [3.8, 4) is 0 Å². The van der Waals surface area contributed by atoms with Gasteiger partial charge in [-0.2, -0.15) is 4.31 Å². The van der Waals surface area contributed by atoms with Crippen molar-refractivity contribution in [2.45, 2.75) is 38.0 Å². The summed E-state index contributed by atoms with van der Waals surface area (Å²) < 4.78 is 26.4. The highest BCUT2D eigenvalue weighted by Gasteiger charge is 2.21. The summed E-state index contributed by atoms with van der Waals surface area (Å²) in [6.07, 6.45) is 1.81. The fraction of sp³-hybridized carbons (Fsp3) is 0.409. The first-order valence-corrected chi connectivity index (χ1v) is 11.6. The first-order valence-electron chi connectivity index (χ1n) is 10.1. The lowest BCUT2D eigenvalue weighted by Crippen LogP contribution is -2.30. The van der Waals surface area contributed by atoms with Crippen LogP contribution in [0, 0.1) is 0 Å². The summed E-state index contributed by atoms with van der Waals surface area (Å²) in [5.41, 5.74) is 2.02. The van der Waals surface area contributed by atoms with Crippen molar-refractivity contribution >= 4 is 21.6 Å². The van der Waals surface area contributed by atoms with E-state index in [1.807, 2.05) is 44.2 Å². The summed E-state index contributed by atoms with van der Waals surface area (Å²) in [5, 5.41) is 6.23. The van der Waals surface area contributed by atoms with Crippen LogP contribution in [-0.2, 0) is 21.2 Å². The number of sulfonamides is 1. The number of carbonyl (C=O) groups is 1. The zero-order valence-electron chi connectivity index (χ0n) is 17.2. The van der Waals surface area contributed by atoms with Crippen molar-refractivity contribution < 1.29 is 13.2 Å². The number of nitrogens with one attached hydrogen (secondary N) is 2. The number of anilines is 1. The van der Waals surface area contributed by atoms with E-state index in [9.17, 15) is 13.2 Å². The van der Waals surface area contributed by atoms with E-state index < -0.39 is 10.0 Å². The van der Waals surface area contributed by atoms with Gasteiger partial charge in [-0.15, -0.1) is 0 Å². The van der Waals surface area contributed by atoms with Crippen molar-refractivity contribution in [2.24, 2.45) is 0 Å². The SMILES string of the molecule is CCN(CC)S(=O)(=O)c1ccc(CCC(=O)NCCCNc2ccccc2)cc1. The minimum atomic E-state index is -3.44. The summed E-state index contributed by atoms with van der Waals surface area (Å²) in [6, 6.07) is 16.8. The molecule has 6 nitrogen and oxygen atoms in total. The van der Waals surface area contributed by atoms with E-state index in [0.29, 0.717) is 37.4 Å². The molecule has 2 rings (SSSR count). The normalized spacial score (nSPS) is 11.4. The highest BCUT2D eigenvalue weighted by atomic mass is 32.2. The standard InChI is InChI=1S/C22H31N3O3S/c1-3-25(4-2)29(27,28)21-14-11-19(12-15-21)13-16-22(26)24-18-8-17-23-20-9-6-5-7-10-20/h5-7,9-12,14-15,23H,3-4,8,13,16-18H2,1-2H3,(H,24,26). The molecule has 0 unspecified atom stereocenters. The van der Waals surface area contributed by atoms with Gasteiger partial charge in [-0.05, 0) is 42.7 Å². The van der Waals surface area contributed by atoms with Gasteiger partial charge in [0.25, 0.3) is 0 Å². The van der Waals surface area contributed by atoms with Crippen molar-refractivity contribution in [1.29, 1.82) is 0 Å². The van der Waals surface area contributed by atoms with Gasteiger partial charge in [-0.3, -0.25) is 4.79 Å². The number of aryl methyl sites for hydroxylation is 1. The second-order valence-electron chi connectivity index (χ2n) is 6.73. The lowest BCUT2D eigenvalue weighted by molar-refractivity contribution is -0.121. The molecule has 7 heteroatoms. The van der Waals surface area contributed by atoms with Crippen LogP contribution in [0.2, 0.25) is 0 Å². The average molecular weight is 418 g/mol. The summed E-state index contributed by atoms with van der Waals surface area (Å²) in [7, 11) is -3.44. The number of benzene rings is 2. The molecule has 0 bridgehead atoms. The average Bonchev–Trinajstić information content (AvgIpc) is 2.74. The maximum absolute atomic E-state index is 12.5. The molecule has 0 aromatic heterocycles. The topological polar surface area (TPSA) is 78.5 Å². The van der Waals surface area contributed by atoms with Crippen LogP contribution < -0.4 is 10.6 Å². The third kappa shape index (κ3) is 7.18. The van der Waals surface area contributed by atoms with Gasteiger partial charge in [-0.25, -0.2) is 8.42 Å². The Morgan fingerprint density at radius 1 is 0.931 bits per heavy atom. The minimum Gasteiger partial charge on any atom is -0.385 e. The first kappa shape index (κ1) is 22.9. The predicted molar refractivity (Wildman–Crippen MR) is 117 cm³/mol. The molecule has 0 atom stereocenters. The molecule has 2 aromatic carbocycles. The summed E-state index contributed by atoms with van der Waals surface area (Å²) >= 11 is 0. The molecule has 29 heavy (non-hydrogen) atoms. The monoisotopic (exact) mass is 417 g/mol. The van der Waals surface area contributed by atoms with Crippen molar-refractivity contribution in [3.63, 3.8) is 0 Å². The number of nitrogens with zero attached hydrogens (tertiary/aromatic N) is 1. The lowest BCUT2D eigenvalue weighted by Gasteiger charge is -2.18. The van der Waals surface area contributed by atoms with E-state index in [4.69, 9.17) is 0 Å². The smallest absolute Gasteiger partial charge is 0.243 e. The van der Waals surface area contributed by atoms with Gasteiger partial charge in [0.2, 0.25) is 15.9 Å². The molecule has 0 saturated heterocycles. The number of hydrogen-bond donors (Lipinski definition) is 2. The number of para-hydroxylation sites is 1. The fourth-order valence-corrected chi connectivity index (χ4v) is 4.45. The Bertz CT molecular complexity index is 849. The van der Waals surface area contributed by atoms with Gasteiger partial charge < -0.3 is 10.6 Å². The van der Waals surface area contributed by atoms with Crippen LogP contribution >= 0.6 is 0 Å². The van der Waals surface area contributed by atoms with Crippen molar-refractivity contribution in [3.05, 3.63) is 60.2 Å². The molecule has 0 spiro atoms. The molecular weight excluding hydrogens is 386 g/mol. The van der Waals surface area contributed by atoms with E-state index in [1.54, 1.807) is 24.3 Å². The number of hydrogen-bond acceptors (Lipinski definition) is 4. The lowest BCUT2D eigenvalue weighted by atomic mass is 10.1. The maximum Gasteiger partial charge on any atom is 0.243 e.